The smallest absolute Gasteiger partial charge is 0.355 e. The number of halogens is 1. The molecule has 23 heavy (non-hydrogen) atoms. The molecular weight excluding hydrogens is 309 g/mol. The number of carbonyl (C=O) groups excluding carboxylic acids is 2. The van der Waals surface area contributed by atoms with Gasteiger partial charge in [0, 0.05) is 11.8 Å². The number of anilines is 1. The number of rotatable bonds is 4. The fourth-order valence-electron chi connectivity index (χ4n) is 2.16. The molecule has 1 aromatic carbocycles. The summed E-state index contributed by atoms with van der Waals surface area (Å²) < 4.78 is 33.2. The number of methoxy groups -OCH3 is 3. The molecule has 0 unspecified atom stereocenters. The Hall–Kier alpha value is -2.61. The van der Waals surface area contributed by atoms with E-state index in [0.717, 1.165) is 0 Å². The van der Waals surface area contributed by atoms with Crippen molar-refractivity contribution in [3.05, 3.63) is 35.3 Å². The lowest BCUT2D eigenvalue weighted by Gasteiger charge is -2.31. The molecule has 0 radical (unpaired) electrons. The van der Waals surface area contributed by atoms with Gasteiger partial charge in [-0.2, -0.15) is 0 Å². The zero-order valence-electron chi connectivity index (χ0n) is 12.9. The number of benzene rings is 1. The van der Waals surface area contributed by atoms with Crippen LogP contribution in [0.3, 0.4) is 0 Å². The van der Waals surface area contributed by atoms with Gasteiger partial charge in [-0.25, -0.2) is 14.0 Å². The Balaban J connectivity index is 2.55. The van der Waals surface area contributed by atoms with Gasteiger partial charge in [0.25, 0.3) is 0 Å². The monoisotopic (exact) mass is 325 g/mol. The van der Waals surface area contributed by atoms with Crippen molar-refractivity contribution in [2.45, 2.75) is 0 Å². The molecule has 0 atom stereocenters. The first kappa shape index (κ1) is 16.8. The number of hydrogen-bond acceptors (Lipinski definition) is 7. The average molecular weight is 325 g/mol. The third-order valence-electron chi connectivity index (χ3n) is 3.28. The lowest BCUT2D eigenvalue weighted by molar-refractivity contribution is -0.140. The second kappa shape index (κ2) is 7.10. The molecular formula is C15H16FNO6. The number of esters is 2. The van der Waals surface area contributed by atoms with Gasteiger partial charge >= 0.3 is 11.9 Å². The molecule has 8 heteroatoms. The second-order valence-electron chi connectivity index (χ2n) is 4.53. The molecule has 0 aliphatic carbocycles. The van der Waals surface area contributed by atoms with Crippen molar-refractivity contribution < 1.29 is 32.9 Å². The largest absolute Gasteiger partial charge is 0.494 e. The molecule has 124 valence electrons. The SMILES string of the molecule is COC(=O)C1=C(C(=O)OC)N(c2ccc(F)c(OC)c2)COC1. The van der Waals surface area contributed by atoms with Crippen LogP contribution in [0.4, 0.5) is 10.1 Å². The number of nitrogens with zero attached hydrogens (tertiary/aromatic N) is 1. The van der Waals surface area contributed by atoms with Crippen LogP contribution in [-0.2, 0) is 23.8 Å². The van der Waals surface area contributed by atoms with Gasteiger partial charge in [0.2, 0.25) is 0 Å². The number of hydrogen-bond donors (Lipinski definition) is 0. The van der Waals surface area contributed by atoms with Crippen LogP contribution >= 0.6 is 0 Å². The van der Waals surface area contributed by atoms with Crippen LogP contribution in [-0.4, -0.2) is 46.6 Å². The minimum Gasteiger partial charge on any atom is -0.494 e. The molecule has 0 fully saturated rings. The van der Waals surface area contributed by atoms with Gasteiger partial charge in [-0.15, -0.1) is 0 Å². The van der Waals surface area contributed by atoms with Crippen molar-refractivity contribution >= 4 is 17.6 Å². The maximum atomic E-state index is 13.6. The predicted octanol–water partition coefficient (Wildman–Crippen LogP) is 1.23. The first-order valence-electron chi connectivity index (χ1n) is 6.62. The molecule has 0 N–H and O–H groups in total. The van der Waals surface area contributed by atoms with Crippen molar-refractivity contribution in [3.63, 3.8) is 0 Å². The Morgan fingerprint density at radius 1 is 1.17 bits per heavy atom. The van der Waals surface area contributed by atoms with E-state index in [1.807, 2.05) is 0 Å². The maximum absolute atomic E-state index is 13.6. The molecule has 0 aromatic heterocycles. The van der Waals surface area contributed by atoms with Crippen LogP contribution in [0, 0.1) is 5.82 Å². The van der Waals surface area contributed by atoms with Gasteiger partial charge in [0.1, 0.15) is 12.4 Å². The molecule has 7 nitrogen and oxygen atoms in total. The highest BCUT2D eigenvalue weighted by Crippen LogP contribution is 2.30. The summed E-state index contributed by atoms with van der Waals surface area (Å²) in [5.74, 6) is -1.98. The minimum absolute atomic E-state index is 0.00286. The molecule has 1 aliphatic heterocycles. The minimum atomic E-state index is -0.725. The molecule has 1 aliphatic rings. The summed E-state index contributed by atoms with van der Waals surface area (Å²) in [5.41, 5.74) is 0.415. The first-order chi connectivity index (χ1) is 11.0. The van der Waals surface area contributed by atoms with Crippen LogP contribution in [0.25, 0.3) is 0 Å². The molecule has 0 amide bonds. The molecule has 2 rings (SSSR count). The molecule has 1 aromatic rings. The Morgan fingerprint density at radius 3 is 2.48 bits per heavy atom. The van der Waals surface area contributed by atoms with Crippen LogP contribution in [0.5, 0.6) is 5.75 Å². The fraction of sp³-hybridized carbons (Fsp3) is 0.333. The van der Waals surface area contributed by atoms with E-state index >= 15 is 0 Å². The van der Waals surface area contributed by atoms with E-state index in [1.165, 1.54) is 44.4 Å². The van der Waals surface area contributed by atoms with Crippen molar-refractivity contribution in [2.24, 2.45) is 0 Å². The fourth-order valence-corrected chi connectivity index (χ4v) is 2.16. The molecule has 0 spiro atoms. The van der Waals surface area contributed by atoms with E-state index in [2.05, 4.69) is 4.74 Å². The number of carbonyl (C=O) groups is 2. The summed E-state index contributed by atoms with van der Waals surface area (Å²) in [7, 11) is 3.72. The third kappa shape index (κ3) is 3.26. The molecule has 1 heterocycles. The average Bonchev–Trinajstić information content (AvgIpc) is 2.60. The van der Waals surface area contributed by atoms with E-state index in [-0.39, 0.29) is 30.4 Å². The quantitative estimate of drug-likeness (QED) is 0.771. The summed E-state index contributed by atoms with van der Waals surface area (Å²) in [4.78, 5) is 25.4. The summed E-state index contributed by atoms with van der Waals surface area (Å²) in [6.45, 7) is -0.106. The van der Waals surface area contributed by atoms with E-state index < -0.39 is 17.8 Å². The standard InChI is InChI=1S/C15H16FNO6/c1-20-12-6-9(4-5-11(12)16)17-8-23-7-10(14(18)21-2)13(17)15(19)22-3/h4-6H,7-8H2,1-3H3. The Bertz CT molecular complexity index is 657. The van der Waals surface area contributed by atoms with Gasteiger partial charge in [0.15, 0.2) is 11.6 Å². The van der Waals surface area contributed by atoms with Gasteiger partial charge < -0.3 is 23.8 Å². The van der Waals surface area contributed by atoms with Gasteiger partial charge in [-0.3, -0.25) is 0 Å². The van der Waals surface area contributed by atoms with E-state index in [1.54, 1.807) is 0 Å². The Kier molecular flexibility index (Phi) is 5.17. The first-order valence-corrected chi connectivity index (χ1v) is 6.62. The lowest BCUT2D eigenvalue weighted by atomic mass is 10.1. The van der Waals surface area contributed by atoms with E-state index in [0.29, 0.717) is 5.69 Å². The third-order valence-corrected chi connectivity index (χ3v) is 3.28. The van der Waals surface area contributed by atoms with Crippen molar-refractivity contribution in [1.82, 2.24) is 0 Å². The second-order valence-corrected chi connectivity index (χ2v) is 4.53. The zero-order valence-corrected chi connectivity index (χ0v) is 12.9. The molecule has 0 bridgehead atoms. The molecule has 0 saturated carbocycles. The molecule has 0 saturated heterocycles. The highest BCUT2D eigenvalue weighted by molar-refractivity contribution is 6.03. The maximum Gasteiger partial charge on any atom is 0.355 e. The van der Waals surface area contributed by atoms with Crippen molar-refractivity contribution in [3.8, 4) is 5.75 Å². The summed E-state index contributed by atoms with van der Waals surface area (Å²) in [6, 6.07) is 4.02. The van der Waals surface area contributed by atoms with Gasteiger partial charge in [-0.1, -0.05) is 0 Å². The van der Waals surface area contributed by atoms with Crippen LogP contribution in [0.15, 0.2) is 29.5 Å². The highest BCUT2D eigenvalue weighted by Gasteiger charge is 2.32. The van der Waals surface area contributed by atoms with Crippen LogP contribution < -0.4 is 9.64 Å². The van der Waals surface area contributed by atoms with Crippen LogP contribution in [0.2, 0.25) is 0 Å². The Morgan fingerprint density at radius 2 is 1.87 bits per heavy atom. The predicted molar refractivity (Wildman–Crippen MR) is 77.3 cm³/mol. The summed E-state index contributed by atoms with van der Waals surface area (Å²) in [5, 5.41) is 0. The van der Waals surface area contributed by atoms with Gasteiger partial charge in [0.05, 0.1) is 33.5 Å². The Labute approximate surface area is 132 Å². The van der Waals surface area contributed by atoms with E-state index in [4.69, 9.17) is 14.2 Å². The highest BCUT2D eigenvalue weighted by atomic mass is 19.1. The van der Waals surface area contributed by atoms with Crippen molar-refractivity contribution in [1.29, 1.82) is 0 Å². The number of ether oxygens (including phenoxy) is 4. The van der Waals surface area contributed by atoms with Crippen LogP contribution in [0.1, 0.15) is 0 Å². The topological polar surface area (TPSA) is 74.3 Å². The summed E-state index contributed by atoms with van der Waals surface area (Å²) in [6.07, 6.45) is 0. The normalized spacial score (nSPS) is 14.5. The van der Waals surface area contributed by atoms with Crippen molar-refractivity contribution in [2.75, 3.05) is 39.6 Å². The van der Waals surface area contributed by atoms with E-state index in [9.17, 15) is 14.0 Å². The summed E-state index contributed by atoms with van der Waals surface area (Å²) >= 11 is 0. The lowest BCUT2D eigenvalue weighted by Crippen LogP contribution is -2.38. The van der Waals surface area contributed by atoms with Gasteiger partial charge in [-0.05, 0) is 12.1 Å². The zero-order chi connectivity index (χ0) is 17.0.